The smallest absolute Gasteiger partial charge is 0.180 e. The van der Waals surface area contributed by atoms with Crippen molar-refractivity contribution in [3.8, 4) is 11.5 Å². The van der Waals surface area contributed by atoms with Crippen LogP contribution >= 0.6 is 45.2 Å². The maximum Gasteiger partial charge on any atom is 0.180 e. The van der Waals surface area contributed by atoms with Gasteiger partial charge in [-0.25, -0.2) is 9.98 Å². The van der Waals surface area contributed by atoms with E-state index in [2.05, 4.69) is 83.5 Å². The second-order valence-electron chi connectivity index (χ2n) is 12.2. The zero-order valence-electron chi connectivity index (χ0n) is 28.9. The zero-order valence-corrected chi connectivity index (χ0v) is 33.2. The highest BCUT2D eigenvalue weighted by atomic mass is 127. The van der Waals surface area contributed by atoms with Gasteiger partial charge in [-0.1, -0.05) is 81.6 Å². The van der Waals surface area contributed by atoms with E-state index in [9.17, 15) is 15.3 Å². The molecule has 0 saturated heterocycles. The van der Waals surface area contributed by atoms with Gasteiger partial charge in [0.15, 0.2) is 11.8 Å². The molecule has 2 aliphatic rings. The standard InChI is InChI=1S/C19H26INO3.C13H17NO3.C6H11IO/c1-16-21-19(14-22,15-24-16)11-10-17-6-8-18(9-7-17)23-13-5-3-2-4-12-20;1-10-14-13(8-15,9-17-10)7-6-11-2-4-12(16)5-3-11;7-5-3-1-2-4-6-8/h4,6-9,12,22H,2-3,5,10-11,13-15H2,1H3;2-5,15-16H,6-9H2,1H3;3,5,8H,1-2,4,6H2/b12-4-;;5-3-. The summed E-state index contributed by atoms with van der Waals surface area (Å²) in [6.07, 6.45) is 14.0. The molecule has 0 aromatic heterocycles. The van der Waals surface area contributed by atoms with Crippen LogP contribution in [0.2, 0.25) is 0 Å². The van der Waals surface area contributed by atoms with Crippen LogP contribution in [-0.4, -0.2) is 82.9 Å². The van der Waals surface area contributed by atoms with Crippen molar-refractivity contribution >= 4 is 57.0 Å². The number of aromatic hydroxyl groups is 1. The molecule has 0 fully saturated rings. The lowest BCUT2D eigenvalue weighted by atomic mass is 9.94. The first-order valence-electron chi connectivity index (χ1n) is 16.9. The van der Waals surface area contributed by atoms with Gasteiger partial charge in [0.05, 0.1) is 19.8 Å². The molecule has 0 amide bonds. The van der Waals surface area contributed by atoms with Gasteiger partial charge in [-0.2, -0.15) is 0 Å². The fourth-order valence-corrected chi connectivity index (χ4v) is 5.79. The molecule has 4 rings (SSSR count). The first-order valence-corrected chi connectivity index (χ1v) is 19.4. The van der Waals surface area contributed by atoms with E-state index >= 15 is 0 Å². The average molecular weight is 905 g/mol. The molecule has 0 bridgehead atoms. The predicted octanol–water partition coefficient (Wildman–Crippen LogP) is 7.90. The molecule has 9 nitrogen and oxygen atoms in total. The number of allylic oxidation sites excluding steroid dienone is 2. The van der Waals surface area contributed by atoms with Gasteiger partial charge in [0.2, 0.25) is 0 Å². The number of hydrogen-bond acceptors (Lipinski definition) is 9. The molecule has 11 heteroatoms. The lowest BCUT2D eigenvalue weighted by Gasteiger charge is -2.21. The molecular weight excluding hydrogens is 850 g/mol. The van der Waals surface area contributed by atoms with Crippen molar-refractivity contribution in [2.24, 2.45) is 9.98 Å². The van der Waals surface area contributed by atoms with Gasteiger partial charge in [0, 0.05) is 20.5 Å². The summed E-state index contributed by atoms with van der Waals surface area (Å²) in [5, 5.41) is 36.6. The molecule has 0 spiro atoms. The van der Waals surface area contributed by atoms with Crippen LogP contribution in [0.25, 0.3) is 0 Å². The number of aliphatic hydroxyl groups is 3. The molecule has 2 aromatic rings. The van der Waals surface area contributed by atoms with Crippen LogP contribution in [0.15, 0.2) is 78.8 Å². The number of benzene rings is 2. The van der Waals surface area contributed by atoms with Crippen LogP contribution in [0.3, 0.4) is 0 Å². The molecule has 2 heterocycles. The Bertz CT molecular complexity index is 1300. The number of phenolic OH excluding ortho intramolecular Hbond substituents is 1. The summed E-state index contributed by atoms with van der Waals surface area (Å²) in [4.78, 5) is 8.82. The quantitative estimate of drug-likeness (QED) is 0.0884. The molecule has 272 valence electrons. The summed E-state index contributed by atoms with van der Waals surface area (Å²) in [5.41, 5.74) is 1.39. The van der Waals surface area contributed by atoms with E-state index in [4.69, 9.17) is 19.3 Å². The number of aryl methyl sites for hydroxylation is 2. The molecule has 4 N–H and O–H groups in total. The molecule has 49 heavy (non-hydrogen) atoms. The molecule has 2 aromatic carbocycles. The Morgan fingerprint density at radius 3 is 1.59 bits per heavy atom. The minimum Gasteiger partial charge on any atom is -0.508 e. The zero-order chi connectivity index (χ0) is 35.8. The summed E-state index contributed by atoms with van der Waals surface area (Å²) in [7, 11) is 0. The van der Waals surface area contributed by atoms with E-state index in [1.165, 1.54) is 5.56 Å². The number of hydrogen-bond donors (Lipinski definition) is 4. The van der Waals surface area contributed by atoms with Crippen LogP contribution in [-0.2, 0) is 22.3 Å². The van der Waals surface area contributed by atoms with Gasteiger partial charge < -0.3 is 34.6 Å². The van der Waals surface area contributed by atoms with Crippen molar-refractivity contribution in [1.29, 1.82) is 0 Å². The Labute approximate surface area is 319 Å². The number of ether oxygens (including phenoxy) is 3. The Kier molecular flexibility index (Phi) is 21.8. The third kappa shape index (κ3) is 17.5. The largest absolute Gasteiger partial charge is 0.508 e. The SMILES string of the molecule is CC1=NC(CO)(CCc2ccc(O)cc2)CO1.CC1=NC(CO)(CCc2ccc(OCCCC/C=C\I)cc2)CO1.OCCCC/C=C\I. The fraction of sp³-hybridized carbons (Fsp3) is 0.526. The number of aliphatic hydroxyl groups excluding tert-OH is 3. The van der Waals surface area contributed by atoms with E-state index < -0.39 is 11.1 Å². The van der Waals surface area contributed by atoms with Crippen LogP contribution in [0.4, 0.5) is 0 Å². The number of rotatable bonds is 18. The summed E-state index contributed by atoms with van der Waals surface area (Å²) in [6, 6.07) is 15.3. The minimum absolute atomic E-state index is 0.00240. The third-order valence-corrected chi connectivity index (χ3v) is 9.10. The first-order chi connectivity index (χ1) is 23.7. The maximum absolute atomic E-state index is 9.62. The molecule has 0 aliphatic carbocycles. The summed E-state index contributed by atoms with van der Waals surface area (Å²) in [5.74, 6) is 2.49. The van der Waals surface area contributed by atoms with Crippen molar-refractivity contribution in [3.63, 3.8) is 0 Å². The fourth-order valence-electron chi connectivity index (χ4n) is 5.07. The number of aliphatic imine (C=N–C) groups is 2. The minimum atomic E-state index is -0.484. The van der Waals surface area contributed by atoms with Gasteiger partial charge >= 0.3 is 0 Å². The van der Waals surface area contributed by atoms with Crippen molar-refractivity contribution in [2.75, 3.05) is 39.6 Å². The molecule has 2 aliphatic heterocycles. The molecule has 0 radical (unpaired) electrons. The highest BCUT2D eigenvalue weighted by Gasteiger charge is 2.35. The van der Waals surface area contributed by atoms with Crippen LogP contribution in [0, 0.1) is 0 Å². The molecule has 2 atom stereocenters. The third-order valence-electron chi connectivity index (χ3n) is 8.09. The van der Waals surface area contributed by atoms with Crippen molar-refractivity contribution < 1.29 is 34.6 Å². The van der Waals surface area contributed by atoms with Crippen molar-refractivity contribution in [1.82, 2.24) is 0 Å². The second-order valence-corrected chi connectivity index (χ2v) is 13.6. The summed E-state index contributed by atoms with van der Waals surface area (Å²) < 4.78 is 20.6. The van der Waals surface area contributed by atoms with E-state index in [1.54, 1.807) is 19.1 Å². The number of nitrogens with zero attached hydrogens (tertiary/aromatic N) is 2. The molecule has 2 unspecified atom stereocenters. The lowest BCUT2D eigenvalue weighted by Crippen LogP contribution is -2.33. The average Bonchev–Trinajstić information content (AvgIpc) is 3.70. The van der Waals surface area contributed by atoms with E-state index in [0.29, 0.717) is 31.6 Å². The number of halogens is 2. The predicted molar refractivity (Wildman–Crippen MR) is 216 cm³/mol. The maximum atomic E-state index is 9.62. The lowest BCUT2D eigenvalue weighted by molar-refractivity contribution is 0.150. The Hall–Kier alpha value is -2.20. The van der Waals surface area contributed by atoms with E-state index in [0.717, 1.165) is 82.1 Å². The monoisotopic (exact) mass is 904 g/mol. The van der Waals surface area contributed by atoms with Crippen molar-refractivity contribution in [2.45, 2.75) is 89.1 Å². The number of phenols is 1. The Balaban J connectivity index is 0.000000289. The summed E-state index contributed by atoms with van der Waals surface area (Å²) in [6.45, 7) is 5.68. The van der Waals surface area contributed by atoms with E-state index in [1.807, 2.05) is 35.3 Å². The van der Waals surface area contributed by atoms with Crippen LogP contribution < -0.4 is 4.74 Å². The van der Waals surface area contributed by atoms with Gasteiger partial charge in [-0.05, 0) is 108 Å². The highest BCUT2D eigenvalue weighted by Crippen LogP contribution is 2.26. The Morgan fingerprint density at radius 1 is 0.714 bits per heavy atom. The van der Waals surface area contributed by atoms with Crippen molar-refractivity contribution in [3.05, 3.63) is 80.0 Å². The molecule has 0 saturated carbocycles. The van der Waals surface area contributed by atoms with Crippen LogP contribution in [0.1, 0.15) is 76.3 Å². The molecular formula is C38H54I2N2O7. The van der Waals surface area contributed by atoms with Gasteiger partial charge in [-0.15, -0.1) is 0 Å². The normalized spacial score (nSPS) is 19.7. The topological polar surface area (TPSA) is 133 Å². The van der Waals surface area contributed by atoms with Gasteiger partial charge in [-0.3, -0.25) is 0 Å². The number of unbranched alkanes of at least 4 members (excludes halogenated alkanes) is 4. The van der Waals surface area contributed by atoms with Gasteiger partial charge in [0.1, 0.15) is 35.8 Å². The Morgan fingerprint density at radius 2 is 1.18 bits per heavy atom. The van der Waals surface area contributed by atoms with Gasteiger partial charge in [0.25, 0.3) is 0 Å². The van der Waals surface area contributed by atoms with Crippen LogP contribution in [0.5, 0.6) is 11.5 Å². The highest BCUT2D eigenvalue weighted by molar-refractivity contribution is 14.1. The second kappa shape index (κ2) is 24.9. The van der Waals surface area contributed by atoms with E-state index in [-0.39, 0.29) is 19.0 Å². The summed E-state index contributed by atoms with van der Waals surface area (Å²) >= 11 is 4.44. The first kappa shape index (κ1) is 43.0.